The van der Waals surface area contributed by atoms with Gasteiger partial charge in [-0.1, -0.05) is 32.1 Å². The molecule has 0 radical (unpaired) electrons. The molecule has 2 fully saturated rings. The van der Waals surface area contributed by atoms with Crippen molar-refractivity contribution < 1.29 is 9.84 Å². The molecule has 0 aromatic carbocycles. The van der Waals surface area contributed by atoms with E-state index in [-0.39, 0.29) is 12.2 Å². The standard InChI is InChI=1S/C15H28O2/c1-15(17-12-11-16)9-7-14(8-10-15)13-5-3-2-4-6-13/h13-14,16H,2-12H2,1H3. The molecule has 0 saturated heterocycles. The molecular weight excluding hydrogens is 212 g/mol. The number of hydrogen-bond acceptors (Lipinski definition) is 2. The Hall–Kier alpha value is -0.0800. The maximum absolute atomic E-state index is 8.84. The monoisotopic (exact) mass is 240 g/mol. The minimum absolute atomic E-state index is 0.0495. The first-order valence-electron chi connectivity index (χ1n) is 7.48. The maximum Gasteiger partial charge on any atom is 0.0705 e. The minimum atomic E-state index is 0.0495. The molecule has 0 spiro atoms. The summed E-state index contributed by atoms with van der Waals surface area (Å²) in [6, 6.07) is 0. The average molecular weight is 240 g/mol. The third-order valence-electron chi connectivity index (χ3n) is 4.95. The Balaban J connectivity index is 1.76. The fraction of sp³-hybridized carbons (Fsp3) is 1.00. The van der Waals surface area contributed by atoms with Gasteiger partial charge in [-0.2, -0.15) is 0 Å². The lowest BCUT2D eigenvalue weighted by Gasteiger charge is -2.41. The quantitative estimate of drug-likeness (QED) is 0.814. The Morgan fingerprint density at radius 3 is 2.18 bits per heavy atom. The van der Waals surface area contributed by atoms with Gasteiger partial charge in [0.15, 0.2) is 0 Å². The first-order valence-corrected chi connectivity index (χ1v) is 7.48. The third-order valence-corrected chi connectivity index (χ3v) is 4.95. The van der Waals surface area contributed by atoms with Gasteiger partial charge in [0.2, 0.25) is 0 Å². The van der Waals surface area contributed by atoms with E-state index >= 15 is 0 Å². The summed E-state index contributed by atoms with van der Waals surface area (Å²) < 4.78 is 5.81. The number of rotatable bonds is 4. The smallest absolute Gasteiger partial charge is 0.0705 e. The fourth-order valence-electron chi connectivity index (χ4n) is 3.76. The summed E-state index contributed by atoms with van der Waals surface area (Å²) in [5, 5.41) is 8.84. The van der Waals surface area contributed by atoms with Crippen molar-refractivity contribution in [3.63, 3.8) is 0 Å². The van der Waals surface area contributed by atoms with Gasteiger partial charge in [-0.3, -0.25) is 0 Å². The summed E-state index contributed by atoms with van der Waals surface area (Å²) in [6.07, 6.45) is 12.4. The summed E-state index contributed by atoms with van der Waals surface area (Å²) in [6.45, 7) is 2.88. The van der Waals surface area contributed by atoms with Crippen LogP contribution in [0.25, 0.3) is 0 Å². The van der Waals surface area contributed by atoms with E-state index in [2.05, 4.69) is 6.92 Å². The molecule has 2 heteroatoms. The molecule has 0 heterocycles. The van der Waals surface area contributed by atoms with Crippen LogP contribution in [0.3, 0.4) is 0 Å². The molecule has 0 amide bonds. The Kier molecular flexibility index (Phi) is 4.87. The molecule has 0 atom stereocenters. The van der Waals surface area contributed by atoms with Crippen molar-refractivity contribution in [2.75, 3.05) is 13.2 Å². The SMILES string of the molecule is CC1(OCCO)CCC(C2CCCCC2)CC1. The van der Waals surface area contributed by atoms with Crippen LogP contribution in [0, 0.1) is 11.8 Å². The molecule has 0 aromatic heterocycles. The second kappa shape index (κ2) is 6.19. The molecule has 0 unspecified atom stereocenters. The Morgan fingerprint density at radius 2 is 1.59 bits per heavy atom. The number of hydrogen-bond donors (Lipinski definition) is 1. The van der Waals surface area contributed by atoms with Crippen LogP contribution in [0.1, 0.15) is 64.7 Å². The third kappa shape index (κ3) is 3.69. The summed E-state index contributed by atoms with van der Waals surface area (Å²) in [4.78, 5) is 0. The Morgan fingerprint density at radius 1 is 1.00 bits per heavy atom. The molecule has 0 bridgehead atoms. The topological polar surface area (TPSA) is 29.5 Å². The van der Waals surface area contributed by atoms with Crippen LogP contribution in [0.5, 0.6) is 0 Å². The Bertz CT molecular complexity index is 213. The van der Waals surface area contributed by atoms with Gasteiger partial charge in [-0.25, -0.2) is 0 Å². The fourth-order valence-corrected chi connectivity index (χ4v) is 3.76. The van der Waals surface area contributed by atoms with Gasteiger partial charge >= 0.3 is 0 Å². The first-order chi connectivity index (χ1) is 8.23. The van der Waals surface area contributed by atoms with Gasteiger partial charge in [0.25, 0.3) is 0 Å². The molecule has 100 valence electrons. The van der Waals surface area contributed by atoms with Crippen molar-refractivity contribution in [3.8, 4) is 0 Å². The largest absolute Gasteiger partial charge is 0.394 e. The summed E-state index contributed by atoms with van der Waals surface area (Å²) >= 11 is 0. The highest BCUT2D eigenvalue weighted by atomic mass is 16.5. The molecule has 2 nitrogen and oxygen atoms in total. The van der Waals surface area contributed by atoms with E-state index < -0.39 is 0 Å². The zero-order valence-corrected chi connectivity index (χ0v) is 11.3. The van der Waals surface area contributed by atoms with Crippen molar-refractivity contribution in [2.45, 2.75) is 70.3 Å². The van der Waals surface area contributed by atoms with Gasteiger partial charge in [0.1, 0.15) is 0 Å². The molecule has 1 N–H and O–H groups in total. The van der Waals surface area contributed by atoms with Crippen LogP contribution in [0.15, 0.2) is 0 Å². The van der Waals surface area contributed by atoms with E-state index in [1.165, 1.54) is 57.8 Å². The lowest BCUT2D eigenvalue weighted by atomic mass is 9.70. The van der Waals surface area contributed by atoms with Gasteiger partial charge in [-0.15, -0.1) is 0 Å². The van der Waals surface area contributed by atoms with Crippen molar-refractivity contribution in [1.29, 1.82) is 0 Å². The molecule has 0 aromatic rings. The highest BCUT2D eigenvalue weighted by Gasteiger charge is 2.35. The maximum atomic E-state index is 8.84. The predicted molar refractivity (Wildman–Crippen MR) is 70.0 cm³/mol. The van der Waals surface area contributed by atoms with Crippen LogP contribution in [-0.4, -0.2) is 23.9 Å². The van der Waals surface area contributed by atoms with Crippen molar-refractivity contribution in [3.05, 3.63) is 0 Å². The Labute approximate surface area is 106 Å². The van der Waals surface area contributed by atoms with E-state index in [4.69, 9.17) is 9.84 Å². The summed E-state index contributed by atoms with van der Waals surface area (Å²) in [5.41, 5.74) is 0.0495. The normalized spacial score (nSPS) is 36.0. The zero-order valence-electron chi connectivity index (χ0n) is 11.3. The highest BCUT2D eigenvalue weighted by Crippen LogP contribution is 2.42. The lowest BCUT2D eigenvalue weighted by molar-refractivity contribution is -0.0798. The van der Waals surface area contributed by atoms with Crippen LogP contribution in [0.2, 0.25) is 0 Å². The number of aliphatic hydroxyl groups is 1. The summed E-state index contributed by atoms with van der Waals surface area (Å²) in [7, 11) is 0. The van der Waals surface area contributed by atoms with Crippen molar-refractivity contribution in [1.82, 2.24) is 0 Å². The molecule has 2 rings (SSSR count). The molecule has 2 aliphatic rings. The van der Waals surface area contributed by atoms with Gasteiger partial charge in [0.05, 0.1) is 18.8 Å². The van der Waals surface area contributed by atoms with Gasteiger partial charge in [0, 0.05) is 0 Å². The second-order valence-electron chi connectivity index (χ2n) is 6.26. The zero-order chi connectivity index (χ0) is 12.1. The van der Waals surface area contributed by atoms with Crippen LogP contribution < -0.4 is 0 Å². The van der Waals surface area contributed by atoms with Gasteiger partial charge < -0.3 is 9.84 Å². The van der Waals surface area contributed by atoms with Crippen molar-refractivity contribution in [2.24, 2.45) is 11.8 Å². The summed E-state index contributed by atoms with van der Waals surface area (Å²) in [5.74, 6) is 1.97. The van der Waals surface area contributed by atoms with Crippen molar-refractivity contribution >= 4 is 0 Å². The van der Waals surface area contributed by atoms with E-state index in [0.717, 1.165) is 11.8 Å². The van der Waals surface area contributed by atoms with E-state index in [1.807, 2.05) is 0 Å². The lowest BCUT2D eigenvalue weighted by Crippen LogP contribution is -2.36. The molecule has 2 aliphatic carbocycles. The molecule has 0 aliphatic heterocycles. The second-order valence-corrected chi connectivity index (χ2v) is 6.26. The first kappa shape index (κ1) is 13.4. The van der Waals surface area contributed by atoms with E-state index in [1.54, 1.807) is 0 Å². The molecule has 17 heavy (non-hydrogen) atoms. The molecular formula is C15H28O2. The van der Waals surface area contributed by atoms with Crippen LogP contribution in [-0.2, 0) is 4.74 Å². The highest BCUT2D eigenvalue weighted by molar-refractivity contribution is 4.86. The van der Waals surface area contributed by atoms with Crippen LogP contribution >= 0.6 is 0 Å². The minimum Gasteiger partial charge on any atom is -0.394 e. The number of ether oxygens (including phenoxy) is 1. The van der Waals surface area contributed by atoms with E-state index in [0.29, 0.717) is 6.61 Å². The van der Waals surface area contributed by atoms with Crippen LogP contribution in [0.4, 0.5) is 0 Å². The van der Waals surface area contributed by atoms with E-state index in [9.17, 15) is 0 Å². The predicted octanol–water partition coefficient (Wildman–Crippen LogP) is 3.52. The average Bonchev–Trinajstić information content (AvgIpc) is 2.38. The number of aliphatic hydroxyl groups excluding tert-OH is 1. The van der Waals surface area contributed by atoms with Gasteiger partial charge in [-0.05, 0) is 44.4 Å². The molecule has 2 saturated carbocycles.